The van der Waals surface area contributed by atoms with Gasteiger partial charge in [0.25, 0.3) is 0 Å². The van der Waals surface area contributed by atoms with Crippen molar-refractivity contribution in [3.05, 3.63) is 48.5 Å². The van der Waals surface area contributed by atoms with Gasteiger partial charge in [0.05, 0.1) is 10.2 Å². The number of benzene rings is 2. The predicted octanol–water partition coefficient (Wildman–Crippen LogP) is 5.43. The van der Waals surface area contributed by atoms with Crippen LogP contribution < -0.4 is 5.32 Å². The number of anilines is 1. The smallest absolute Gasteiger partial charge is 0.229 e. The average Bonchev–Trinajstić information content (AvgIpc) is 2.90. The first-order chi connectivity index (χ1) is 10.9. The highest BCUT2D eigenvalue weighted by molar-refractivity contribution is 8.01. The number of amides is 1. The molecule has 0 aliphatic carbocycles. The summed E-state index contributed by atoms with van der Waals surface area (Å²) in [4.78, 5) is 17.7. The van der Waals surface area contributed by atoms with Crippen molar-refractivity contribution in [1.82, 2.24) is 4.98 Å². The van der Waals surface area contributed by atoms with Crippen molar-refractivity contribution in [2.45, 2.75) is 30.0 Å². The highest BCUT2D eigenvalue weighted by atomic mass is 32.2. The van der Waals surface area contributed by atoms with Gasteiger partial charge in [-0.1, -0.05) is 44.7 Å². The van der Waals surface area contributed by atoms with E-state index in [9.17, 15) is 4.79 Å². The van der Waals surface area contributed by atoms with Crippen molar-refractivity contribution >= 4 is 44.9 Å². The molecule has 0 fully saturated rings. The second-order valence-electron chi connectivity index (χ2n) is 6.28. The second-order valence-corrected chi connectivity index (χ2v) is 8.63. The minimum absolute atomic E-state index is 0.0177. The molecule has 0 spiro atoms. The monoisotopic (exact) mass is 342 g/mol. The molecule has 0 atom stereocenters. The fraction of sp³-hybridized carbons (Fsp3) is 0.222. The number of hydrogen-bond donors (Lipinski definition) is 1. The first-order valence-electron chi connectivity index (χ1n) is 7.37. The average molecular weight is 342 g/mol. The first kappa shape index (κ1) is 16.0. The van der Waals surface area contributed by atoms with Gasteiger partial charge in [0.1, 0.15) is 0 Å². The molecular formula is C18H18N2OS2. The number of thiazole rings is 1. The number of nitrogens with zero attached hydrogens (tertiary/aromatic N) is 1. The molecule has 0 saturated carbocycles. The standard InChI is InChI=1S/C18H18N2OS2/c1-18(2,3)16(21)19-12-8-10-13(11-9-12)22-17-20-14-6-4-5-7-15(14)23-17/h4-11H,1-3H3,(H,19,21). The normalized spacial score (nSPS) is 11.6. The minimum Gasteiger partial charge on any atom is -0.326 e. The van der Waals surface area contributed by atoms with Crippen LogP contribution >= 0.6 is 23.1 Å². The molecule has 3 aromatic rings. The minimum atomic E-state index is -0.394. The highest BCUT2D eigenvalue weighted by Crippen LogP contribution is 2.34. The van der Waals surface area contributed by atoms with Gasteiger partial charge in [0.2, 0.25) is 5.91 Å². The molecule has 3 nitrogen and oxygen atoms in total. The number of aromatic nitrogens is 1. The molecule has 1 aromatic heterocycles. The van der Waals surface area contributed by atoms with E-state index in [2.05, 4.69) is 16.4 Å². The second kappa shape index (κ2) is 6.34. The van der Waals surface area contributed by atoms with Crippen LogP contribution in [0.4, 0.5) is 5.69 Å². The molecule has 1 heterocycles. The van der Waals surface area contributed by atoms with E-state index in [0.29, 0.717) is 0 Å². The zero-order valence-corrected chi connectivity index (χ0v) is 14.9. The summed E-state index contributed by atoms with van der Waals surface area (Å²) in [5.74, 6) is 0.0177. The number of para-hydroxylation sites is 1. The summed E-state index contributed by atoms with van der Waals surface area (Å²) in [6.07, 6.45) is 0. The Kier molecular flexibility index (Phi) is 4.41. The van der Waals surface area contributed by atoms with Gasteiger partial charge in [-0.05, 0) is 36.4 Å². The zero-order valence-electron chi connectivity index (χ0n) is 13.3. The van der Waals surface area contributed by atoms with Crippen LogP contribution in [0.2, 0.25) is 0 Å². The van der Waals surface area contributed by atoms with E-state index in [1.807, 2.05) is 63.2 Å². The SMILES string of the molecule is CC(C)(C)C(=O)Nc1ccc(Sc2nc3ccccc3s2)cc1. The Morgan fingerprint density at radius 2 is 1.78 bits per heavy atom. The molecule has 1 N–H and O–H groups in total. The molecule has 1 amide bonds. The molecule has 5 heteroatoms. The molecule has 0 radical (unpaired) electrons. The molecule has 2 aromatic carbocycles. The lowest BCUT2D eigenvalue weighted by molar-refractivity contribution is -0.123. The van der Waals surface area contributed by atoms with Crippen molar-refractivity contribution in [3.8, 4) is 0 Å². The van der Waals surface area contributed by atoms with Crippen LogP contribution in [0.25, 0.3) is 10.2 Å². The van der Waals surface area contributed by atoms with Gasteiger partial charge in [-0.15, -0.1) is 11.3 Å². The Labute approximate surface area is 144 Å². The van der Waals surface area contributed by atoms with Crippen molar-refractivity contribution < 1.29 is 4.79 Å². The quantitative estimate of drug-likeness (QED) is 0.690. The van der Waals surface area contributed by atoms with Gasteiger partial charge in [0, 0.05) is 16.0 Å². The Hall–Kier alpha value is -1.85. The van der Waals surface area contributed by atoms with E-state index >= 15 is 0 Å². The van der Waals surface area contributed by atoms with Crippen LogP contribution in [-0.2, 0) is 4.79 Å². The number of rotatable bonds is 3. The summed E-state index contributed by atoms with van der Waals surface area (Å²) >= 11 is 3.33. The maximum absolute atomic E-state index is 12.0. The molecular weight excluding hydrogens is 324 g/mol. The molecule has 0 saturated heterocycles. The molecule has 3 rings (SSSR count). The summed E-state index contributed by atoms with van der Waals surface area (Å²) in [5.41, 5.74) is 1.46. The molecule has 0 aliphatic rings. The van der Waals surface area contributed by atoms with Gasteiger partial charge >= 0.3 is 0 Å². The van der Waals surface area contributed by atoms with Crippen LogP contribution in [0.1, 0.15) is 20.8 Å². The fourth-order valence-electron chi connectivity index (χ4n) is 1.92. The van der Waals surface area contributed by atoms with Crippen molar-refractivity contribution in [1.29, 1.82) is 0 Å². The van der Waals surface area contributed by atoms with Crippen molar-refractivity contribution in [2.75, 3.05) is 5.32 Å². The van der Waals surface area contributed by atoms with E-state index in [-0.39, 0.29) is 5.91 Å². The third kappa shape index (κ3) is 3.92. The third-order valence-electron chi connectivity index (χ3n) is 3.27. The number of carbonyl (C=O) groups excluding carboxylic acids is 1. The summed E-state index contributed by atoms with van der Waals surface area (Å²) in [6, 6.07) is 16.0. The predicted molar refractivity (Wildman–Crippen MR) is 98.3 cm³/mol. The zero-order chi connectivity index (χ0) is 16.4. The van der Waals surface area contributed by atoms with Crippen molar-refractivity contribution in [3.63, 3.8) is 0 Å². The van der Waals surface area contributed by atoms with Gasteiger partial charge < -0.3 is 5.32 Å². The lowest BCUT2D eigenvalue weighted by atomic mass is 9.95. The van der Waals surface area contributed by atoms with Gasteiger partial charge in [-0.25, -0.2) is 4.98 Å². The topological polar surface area (TPSA) is 42.0 Å². The number of hydrogen-bond acceptors (Lipinski definition) is 4. The lowest BCUT2D eigenvalue weighted by Crippen LogP contribution is -2.27. The summed E-state index contributed by atoms with van der Waals surface area (Å²) in [5, 5.41) is 2.93. The molecule has 0 aliphatic heterocycles. The van der Waals surface area contributed by atoms with E-state index in [0.717, 1.165) is 20.4 Å². The van der Waals surface area contributed by atoms with Crippen LogP contribution in [0.3, 0.4) is 0 Å². The van der Waals surface area contributed by atoms with Crippen LogP contribution in [-0.4, -0.2) is 10.9 Å². The Bertz CT molecular complexity index is 799. The summed E-state index contributed by atoms with van der Waals surface area (Å²) in [7, 11) is 0. The molecule has 118 valence electrons. The maximum atomic E-state index is 12.0. The summed E-state index contributed by atoms with van der Waals surface area (Å²) in [6.45, 7) is 5.71. The number of nitrogens with one attached hydrogen (secondary N) is 1. The van der Waals surface area contributed by atoms with Crippen molar-refractivity contribution in [2.24, 2.45) is 5.41 Å². The Morgan fingerprint density at radius 3 is 2.43 bits per heavy atom. The van der Waals surface area contributed by atoms with E-state index in [4.69, 9.17) is 0 Å². The summed E-state index contributed by atoms with van der Waals surface area (Å²) < 4.78 is 2.22. The largest absolute Gasteiger partial charge is 0.326 e. The molecule has 0 bridgehead atoms. The maximum Gasteiger partial charge on any atom is 0.229 e. The third-order valence-corrected chi connectivity index (χ3v) is 5.38. The van der Waals surface area contributed by atoms with Crippen LogP contribution in [0, 0.1) is 5.41 Å². The molecule has 23 heavy (non-hydrogen) atoms. The van der Waals surface area contributed by atoms with Gasteiger partial charge in [-0.3, -0.25) is 4.79 Å². The van der Waals surface area contributed by atoms with Gasteiger partial charge in [-0.2, -0.15) is 0 Å². The fourth-order valence-corrected chi connectivity index (χ4v) is 3.96. The van der Waals surface area contributed by atoms with Gasteiger partial charge in [0.15, 0.2) is 4.34 Å². The Balaban J connectivity index is 1.71. The Morgan fingerprint density at radius 1 is 1.09 bits per heavy atom. The van der Waals surface area contributed by atoms with Crippen LogP contribution in [0.15, 0.2) is 57.8 Å². The number of carbonyl (C=O) groups is 1. The van der Waals surface area contributed by atoms with E-state index in [1.165, 1.54) is 4.70 Å². The molecule has 0 unspecified atom stereocenters. The van der Waals surface area contributed by atoms with E-state index < -0.39 is 5.41 Å². The lowest BCUT2D eigenvalue weighted by Gasteiger charge is -2.17. The van der Waals surface area contributed by atoms with E-state index in [1.54, 1.807) is 23.1 Å². The number of fused-ring (bicyclic) bond motifs is 1. The first-order valence-corrected chi connectivity index (χ1v) is 9.00. The highest BCUT2D eigenvalue weighted by Gasteiger charge is 2.21. The van der Waals surface area contributed by atoms with Crippen LogP contribution in [0.5, 0.6) is 0 Å².